The average molecular weight is 493 g/mol. The highest BCUT2D eigenvalue weighted by atomic mass is 32.1. The summed E-state index contributed by atoms with van der Waals surface area (Å²) in [7, 11) is 1.95. The number of hydrogen-bond donors (Lipinski definition) is 1. The third kappa shape index (κ3) is 4.58. The van der Waals surface area contributed by atoms with Crippen molar-refractivity contribution in [2.45, 2.75) is 31.0 Å². The Labute approximate surface area is 198 Å². The van der Waals surface area contributed by atoms with Gasteiger partial charge in [-0.25, -0.2) is 4.79 Å². The van der Waals surface area contributed by atoms with Gasteiger partial charge in [-0.1, -0.05) is 18.2 Å². The zero-order valence-electron chi connectivity index (χ0n) is 18.3. The summed E-state index contributed by atoms with van der Waals surface area (Å²) >= 11 is 1.63. The standard InChI is InChI=1S/C21H22N4OS.C2HF3O2/c1-23-13-16(12-22-23)14-24-9-7-21(8-10-24)18-4-2-3-5-19(18)25(20(21)26)17-6-11-27-15-17;3-2(4,5)1(6)7/h2-6,11-13,15H,7-10,14H2,1H3;(H,6,7). The Bertz CT molecular complexity index is 1170. The molecule has 1 spiro atoms. The molecule has 1 fully saturated rings. The molecule has 0 atom stereocenters. The Morgan fingerprint density at radius 2 is 1.88 bits per heavy atom. The molecule has 34 heavy (non-hydrogen) atoms. The number of fused-ring (bicyclic) bond motifs is 2. The van der Waals surface area contributed by atoms with E-state index in [1.807, 2.05) is 40.3 Å². The number of carboxylic acid groups (broad SMARTS) is 1. The van der Waals surface area contributed by atoms with E-state index in [-0.39, 0.29) is 11.3 Å². The molecule has 7 nitrogen and oxygen atoms in total. The zero-order chi connectivity index (χ0) is 24.5. The lowest BCUT2D eigenvalue weighted by Gasteiger charge is -2.38. The number of carboxylic acids is 1. The third-order valence-electron chi connectivity index (χ3n) is 6.15. The van der Waals surface area contributed by atoms with E-state index in [1.54, 1.807) is 11.3 Å². The number of benzene rings is 1. The number of piperidine rings is 1. The smallest absolute Gasteiger partial charge is 0.475 e. The molecule has 1 amide bonds. The summed E-state index contributed by atoms with van der Waals surface area (Å²) in [5.74, 6) is -2.52. The molecule has 1 aromatic carbocycles. The second-order valence-electron chi connectivity index (χ2n) is 8.32. The molecule has 0 bridgehead atoms. The number of para-hydroxylation sites is 1. The Morgan fingerprint density at radius 1 is 1.21 bits per heavy atom. The minimum atomic E-state index is -5.08. The van der Waals surface area contributed by atoms with Crippen LogP contribution in [-0.2, 0) is 28.6 Å². The van der Waals surface area contributed by atoms with E-state index in [0.717, 1.165) is 43.9 Å². The number of aliphatic carboxylic acids is 1. The van der Waals surface area contributed by atoms with E-state index in [2.05, 4.69) is 39.8 Å². The van der Waals surface area contributed by atoms with Crippen molar-refractivity contribution in [3.8, 4) is 0 Å². The van der Waals surface area contributed by atoms with E-state index in [0.29, 0.717) is 0 Å². The average Bonchev–Trinajstić information content (AvgIpc) is 3.51. The fraction of sp³-hybridized carbons (Fsp3) is 0.348. The normalized spacial score (nSPS) is 17.4. The summed E-state index contributed by atoms with van der Waals surface area (Å²) in [6.45, 7) is 2.74. The molecule has 1 N–H and O–H groups in total. The zero-order valence-corrected chi connectivity index (χ0v) is 19.1. The quantitative estimate of drug-likeness (QED) is 0.589. The van der Waals surface area contributed by atoms with Crippen LogP contribution in [0.1, 0.15) is 24.0 Å². The van der Waals surface area contributed by atoms with E-state index >= 15 is 0 Å². The maximum Gasteiger partial charge on any atom is 0.490 e. The van der Waals surface area contributed by atoms with Crippen molar-refractivity contribution in [2.24, 2.45) is 7.05 Å². The van der Waals surface area contributed by atoms with Crippen LogP contribution in [0.15, 0.2) is 53.5 Å². The lowest BCUT2D eigenvalue weighted by molar-refractivity contribution is -0.192. The van der Waals surface area contributed by atoms with Crippen molar-refractivity contribution < 1.29 is 27.9 Å². The SMILES string of the molecule is Cn1cc(CN2CCC3(CC2)C(=O)N(c2ccsc2)c2ccccc23)cn1.O=C(O)C(F)(F)F. The molecule has 11 heteroatoms. The highest BCUT2D eigenvalue weighted by Crippen LogP contribution is 2.50. The topological polar surface area (TPSA) is 78.7 Å². The maximum atomic E-state index is 13.6. The minimum Gasteiger partial charge on any atom is -0.475 e. The van der Waals surface area contributed by atoms with Gasteiger partial charge in [-0.2, -0.15) is 29.6 Å². The van der Waals surface area contributed by atoms with Crippen LogP contribution in [0.25, 0.3) is 0 Å². The number of anilines is 2. The predicted octanol–water partition coefficient (Wildman–Crippen LogP) is 4.33. The number of carbonyl (C=O) groups is 2. The number of halogens is 3. The van der Waals surface area contributed by atoms with Gasteiger partial charge in [0.25, 0.3) is 0 Å². The number of nitrogens with zero attached hydrogens (tertiary/aromatic N) is 4. The summed E-state index contributed by atoms with van der Waals surface area (Å²) in [6, 6.07) is 10.4. The molecule has 3 aromatic rings. The second-order valence-corrected chi connectivity index (χ2v) is 9.10. The van der Waals surface area contributed by atoms with E-state index in [1.165, 1.54) is 11.1 Å². The first-order chi connectivity index (χ1) is 16.1. The highest BCUT2D eigenvalue weighted by Gasteiger charge is 2.52. The lowest BCUT2D eigenvalue weighted by Crippen LogP contribution is -2.47. The number of aromatic nitrogens is 2. The van der Waals surface area contributed by atoms with Crippen LogP contribution in [0.2, 0.25) is 0 Å². The Kier molecular flexibility index (Phi) is 6.50. The molecule has 2 aliphatic rings. The van der Waals surface area contributed by atoms with Crippen molar-refractivity contribution >= 4 is 34.6 Å². The molecule has 2 aliphatic heterocycles. The van der Waals surface area contributed by atoms with Gasteiger partial charge < -0.3 is 5.11 Å². The molecule has 5 rings (SSSR count). The summed E-state index contributed by atoms with van der Waals surface area (Å²) in [5.41, 5.74) is 4.09. The molecule has 2 aromatic heterocycles. The minimum absolute atomic E-state index is 0.239. The molecule has 0 saturated carbocycles. The summed E-state index contributed by atoms with van der Waals surface area (Å²) in [5, 5.41) is 15.5. The van der Waals surface area contributed by atoms with E-state index in [9.17, 15) is 18.0 Å². The molecule has 180 valence electrons. The summed E-state index contributed by atoms with van der Waals surface area (Å²) in [6.07, 6.45) is 0.644. The lowest BCUT2D eigenvalue weighted by atomic mass is 9.73. The van der Waals surface area contributed by atoms with Crippen LogP contribution in [0.5, 0.6) is 0 Å². The van der Waals surface area contributed by atoms with E-state index < -0.39 is 12.1 Å². The summed E-state index contributed by atoms with van der Waals surface area (Å²) < 4.78 is 33.6. The van der Waals surface area contributed by atoms with Gasteiger partial charge in [0.05, 0.1) is 23.0 Å². The fourth-order valence-corrected chi connectivity index (χ4v) is 5.16. The maximum absolute atomic E-state index is 13.6. The molecule has 0 radical (unpaired) electrons. The van der Waals surface area contributed by atoms with Crippen molar-refractivity contribution in [3.63, 3.8) is 0 Å². The number of alkyl halides is 3. The van der Waals surface area contributed by atoms with Gasteiger partial charge in [0.2, 0.25) is 5.91 Å². The van der Waals surface area contributed by atoms with E-state index in [4.69, 9.17) is 9.90 Å². The first-order valence-electron chi connectivity index (χ1n) is 10.6. The molecular formula is C23H23F3N4O3S. The monoisotopic (exact) mass is 492 g/mol. The van der Waals surface area contributed by atoms with Gasteiger partial charge in [-0.05, 0) is 49.0 Å². The van der Waals surface area contributed by atoms with Crippen LogP contribution in [-0.4, -0.2) is 50.9 Å². The van der Waals surface area contributed by atoms with Crippen LogP contribution >= 0.6 is 11.3 Å². The van der Waals surface area contributed by atoms with Crippen molar-refractivity contribution in [3.05, 3.63) is 64.6 Å². The molecule has 0 aliphatic carbocycles. The van der Waals surface area contributed by atoms with Crippen LogP contribution in [0.3, 0.4) is 0 Å². The largest absolute Gasteiger partial charge is 0.490 e. The number of thiophene rings is 1. The highest BCUT2D eigenvalue weighted by molar-refractivity contribution is 7.08. The first-order valence-corrected chi connectivity index (χ1v) is 11.5. The number of rotatable bonds is 3. The number of hydrogen-bond acceptors (Lipinski definition) is 5. The van der Waals surface area contributed by atoms with Crippen LogP contribution < -0.4 is 4.90 Å². The molecular weight excluding hydrogens is 469 g/mol. The van der Waals surface area contributed by atoms with Gasteiger partial charge in [0.1, 0.15) is 0 Å². The third-order valence-corrected chi connectivity index (χ3v) is 6.82. The number of amides is 1. The first kappa shape index (κ1) is 24.0. The Morgan fingerprint density at radius 3 is 2.44 bits per heavy atom. The van der Waals surface area contributed by atoms with Gasteiger partial charge in [0.15, 0.2) is 0 Å². The molecule has 4 heterocycles. The Balaban J connectivity index is 0.000000344. The molecule has 0 unspecified atom stereocenters. The van der Waals surface area contributed by atoms with Gasteiger partial charge >= 0.3 is 12.1 Å². The fourth-order valence-electron chi connectivity index (χ4n) is 4.54. The van der Waals surface area contributed by atoms with Gasteiger partial charge in [-0.3, -0.25) is 19.3 Å². The van der Waals surface area contributed by atoms with Crippen molar-refractivity contribution in [1.82, 2.24) is 14.7 Å². The number of aryl methyl sites for hydroxylation is 1. The number of likely N-dealkylation sites (tertiary alicyclic amines) is 1. The van der Waals surface area contributed by atoms with Crippen molar-refractivity contribution in [2.75, 3.05) is 18.0 Å². The van der Waals surface area contributed by atoms with Crippen molar-refractivity contribution in [1.29, 1.82) is 0 Å². The van der Waals surface area contributed by atoms with Gasteiger partial charge in [0, 0.05) is 30.7 Å². The second kappa shape index (κ2) is 9.22. The van der Waals surface area contributed by atoms with Crippen LogP contribution in [0, 0.1) is 0 Å². The van der Waals surface area contributed by atoms with Crippen LogP contribution in [0.4, 0.5) is 24.5 Å². The predicted molar refractivity (Wildman–Crippen MR) is 121 cm³/mol. The molecule has 1 saturated heterocycles. The number of carbonyl (C=O) groups excluding carboxylic acids is 1. The summed E-state index contributed by atoms with van der Waals surface area (Å²) in [4.78, 5) is 26.9. The van der Waals surface area contributed by atoms with Gasteiger partial charge in [-0.15, -0.1) is 0 Å². The Hall–Kier alpha value is -3.18.